The second kappa shape index (κ2) is 6.26. The third kappa shape index (κ3) is 5.95. The highest BCUT2D eigenvalue weighted by molar-refractivity contribution is 7.90. The fourth-order valence-corrected chi connectivity index (χ4v) is 2.63. The summed E-state index contributed by atoms with van der Waals surface area (Å²) >= 11 is 0. The summed E-state index contributed by atoms with van der Waals surface area (Å²) in [4.78, 5) is 22.6. The molecule has 0 aromatic heterocycles. The fourth-order valence-electron chi connectivity index (χ4n) is 1.65. The molecule has 0 saturated carbocycles. The van der Waals surface area contributed by atoms with E-state index < -0.39 is 15.9 Å². The SMILES string of the molecule is CC(=O)Nc1ccc(S(=O)(=O)NC(=O)CC(C)(C)C)cc1. The number of amides is 2. The molecule has 2 N–H and O–H groups in total. The minimum absolute atomic E-state index is 0.0288. The van der Waals surface area contributed by atoms with Gasteiger partial charge in [0, 0.05) is 19.0 Å². The van der Waals surface area contributed by atoms with Gasteiger partial charge in [0.1, 0.15) is 0 Å². The highest BCUT2D eigenvalue weighted by Gasteiger charge is 2.22. The first-order valence-corrected chi connectivity index (χ1v) is 7.91. The molecule has 0 heterocycles. The van der Waals surface area contributed by atoms with Crippen LogP contribution in [0.3, 0.4) is 0 Å². The van der Waals surface area contributed by atoms with Gasteiger partial charge in [-0.15, -0.1) is 0 Å². The van der Waals surface area contributed by atoms with Gasteiger partial charge in [-0.1, -0.05) is 20.8 Å². The summed E-state index contributed by atoms with van der Waals surface area (Å²) in [6, 6.07) is 5.59. The lowest BCUT2D eigenvalue weighted by molar-refractivity contribution is -0.121. The molecule has 0 bridgehead atoms. The molecule has 1 aromatic rings. The minimum atomic E-state index is -3.89. The molecule has 0 atom stereocenters. The maximum absolute atomic E-state index is 12.0. The Hall–Kier alpha value is -1.89. The Labute approximate surface area is 125 Å². The molecule has 1 rings (SSSR count). The van der Waals surface area contributed by atoms with Crippen molar-refractivity contribution >= 4 is 27.5 Å². The van der Waals surface area contributed by atoms with Crippen molar-refractivity contribution in [3.05, 3.63) is 24.3 Å². The highest BCUT2D eigenvalue weighted by Crippen LogP contribution is 2.19. The molecule has 2 amide bonds. The number of hydrogen-bond acceptors (Lipinski definition) is 4. The van der Waals surface area contributed by atoms with Gasteiger partial charge < -0.3 is 5.32 Å². The van der Waals surface area contributed by atoms with Crippen molar-refractivity contribution in [2.45, 2.75) is 39.0 Å². The van der Waals surface area contributed by atoms with E-state index in [1.165, 1.54) is 31.2 Å². The molecular formula is C14H20N2O4S. The second-order valence-electron chi connectivity index (χ2n) is 5.97. The molecular weight excluding hydrogens is 292 g/mol. The van der Waals surface area contributed by atoms with Crippen LogP contribution in [-0.2, 0) is 19.6 Å². The smallest absolute Gasteiger partial charge is 0.264 e. The number of hydrogen-bond donors (Lipinski definition) is 2. The summed E-state index contributed by atoms with van der Waals surface area (Å²) in [7, 11) is -3.89. The number of carbonyl (C=O) groups excluding carboxylic acids is 2. The Morgan fingerprint density at radius 2 is 1.62 bits per heavy atom. The predicted molar refractivity (Wildman–Crippen MR) is 80.1 cm³/mol. The Morgan fingerprint density at radius 1 is 1.10 bits per heavy atom. The first-order valence-electron chi connectivity index (χ1n) is 6.43. The second-order valence-corrected chi connectivity index (χ2v) is 7.65. The van der Waals surface area contributed by atoms with Crippen LogP contribution < -0.4 is 10.0 Å². The number of nitrogens with one attached hydrogen (secondary N) is 2. The number of carbonyl (C=O) groups is 2. The first kappa shape index (κ1) is 17.2. The predicted octanol–water partition coefficient (Wildman–Crippen LogP) is 1.89. The van der Waals surface area contributed by atoms with Crippen LogP contribution in [0.1, 0.15) is 34.1 Å². The van der Waals surface area contributed by atoms with E-state index in [9.17, 15) is 18.0 Å². The normalized spacial score (nSPS) is 11.8. The summed E-state index contributed by atoms with van der Waals surface area (Å²) in [6.07, 6.45) is 0.107. The van der Waals surface area contributed by atoms with Crippen molar-refractivity contribution in [2.75, 3.05) is 5.32 Å². The quantitative estimate of drug-likeness (QED) is 0.888. The lowest BCUT2D eigenvalue weighted by Crippen LogP contribution is -2.33. The Kier molecular flexibility index (Phi) is 5.11. The van der Waals surface area contributed by atoms with Crippen molar-refractivity contribution in [3.8, 4) is 0 Å². The van der Waals surface area contributed by atoms with Gasteiger partial charge >= 0.3 is 0 Å². The first-order chi connectivity index (χ1) is 9.49. The van der Waals surface area contributed by atoms with Crippen LogP contribution in [0, 0.1) is 5.41 Å². The van der Waals surface area contributed by atoms with Crippen molar-refractivity contribution < 1.29 is 18.0 Å². The monoisotopic (exact) mass is 312 g/mol. The average Bonchev–Trinajstić information content (AvgIpc) is 2.24. The zero-order chi connectivity index (χ0) is 16.3. The topological polar surface area (TPSA) is 92.3 Å². The molecule has 7 heteroatoms. The number of rotatable bonds is 4. The van der Waals surface area contributed by atoms with Crippen molar-refractivity contribution in [1.82, 2.24) is 4.72 Å². The molecule has 6 nitrogen and oxygen atoms in total. The van der Waals surface area contributed by atoms with E-state index in [2.05, 4.69) is 5.32 Å². The minimum Gasteiger partial charge on any atom is -0.326 e. The third-order valence-corrected chi connectivity index (χ3v) is 3.81. The number of benzene rings is 1. The molecule has 21 heavy (non-hydrogen) atoms. The summed E-state index contributed by atoms with van der Waals surface area (Å²) in [5, 5.41) is 2.53. The van der Waals surface area contributed by atoms with Crippen LogP contribution in [0.15, 0.2) is 29.2 Å². The summed E-state index contributed by atoms with van der Waals surface area (Å²) in [6.45, 7) is 6.90. The third-order valence-electron chi connectivity index (χ3n) is 2.42. The summed E-state index contributed by atoms with van der Waals surface area (Å²) < 4.78 is 26.1. The van der Waals surface area contributed by atoms with Gasteiger partial charge in [-0.2, -0.15) is 0 Å². The van der Waals surface area contributed by atoms with Crippen LogP contribution in [0.25, 0.3) is 0 Å². The molecule has 0 aliphatic heterocycles. The molecule has 0 aliphatic rings. The van der Waals surface area contributed by atoms with Gasteiger partial charge in [-0.25, -0.2) is 13.1 Å². The maximum Gasteiger partial charge on any atom is 0.264 e. The number of sulfonamides is 1. The lowest BCUT2D eigenvalue weighted by Gasteiger charge is -2.17. The van der Waals surface area contributed by atoms with E-state index in [-0.39, 0.29) is 22.6 Å². The van der Waals surface area contributed by atoms with E-state index in [0.717, 1.165) is 0 Å². The summed E-state index contributed by atoms with van der Waals surface area (Å²) in [5.74, 6) is -0.794. The van der Waals surface area contributed by atoms with E-state index >= 15 is 0 Å². The van der Waals surface area contributed by atoms with Crippen molar-refractivity contribution in [1.29, 1.82) is 0 Å². The van der Waals surface area contributed by atoms with Gasteiger partial charge in [0.2, 0.25) is 11.8 Å². The zero-order valence-electron chi connectivity index (χ0n) is 12.6. The van der Waals surface area contributed by atoms with Crippen LogP contribution in [0.4, 0.5) is 5.69 Å². The van der Waals surface area contributed by atoms with E-state index in [0.29, 0.717) is 5.69 Å². The van der Waals surface area contributed by atoms with E-state index in [1.54, 1.807) is 0 Å². The Morgan fingerprint density at radius 3 is 2.05 bits per heavy atom. The van der Waals surface area contributed by atoms with Crippen LogP contribution in [0.2, 0.25) is 0 Å². The molecule has 0 radical (unpaired) electrons. The molecule has 0 saturated heterocycles. The fraction of sp³-hybridized carbons (Fsp3) is 0.429. The Balaban J connectivity index is 2.83. The van der Waals surface area contributed by atoms with Crippen molar-refractivity contribution in [3.63, 3.8) is 0 Å². The van der Waals surface area contributed by atoms with E-state index in [1.807, 2.05) is 25.5 Å². The zero-order valence-corrected chi connectivity index (χ0v) is 13.4. The maximum atomic E-state index is 12.0. The molecule has 1 aromatic carbocycles. The Bertz CT molecular complexity index is 628. The van der Waals surface area contributed by atoms with Gasteiger partial charge in [0.05, 0.1) is 4.90 Å². The molecule has 116 valence electrons. The molecule has 0 unspecified atom stereocenters. The lowest BCUT2D eigenvalue weighted by atomic mass is 9.92. The van der Waals surface area contributed by atoms with Gasteiger partial charge in [-0.05, 0) is 29.7 Å². The van der Waals surface area contributed by atoms with Gasteiger partial charge in [0.15, 0.2) is 0 Å². The molecule has 0 aliphatic carbocycles. The molecule has 0 spiro atoms. The average molecular weight is 312 g/mol. The number of anilines is 1. The van der Waals surface area contributed by atoms with Crippen LogP contribution >= 0.6 is 0 Å². The summed E-state index contributed by atoms with van der Waals surface area (Å²) in [5.41, 5.74) is 0.192. The van der Waals surface area contributed by atoms with E-state index in [4.69, 9.17) is 0 Å². The molecule has 0 fully saturated rings. The van der Waals surface area contributed by atoms with Gasteiger partial charge in [-0.3, -0.25) is 9.59 Å². The van der Waals surface area contributed by atoms with Crippen LogP contribution in [-0.4, -0.2) is 20.2 Å². The largest absolute Gasteiger partial charge is 0.326 e. The van der Waals surface area contributed by atoms with Crippen molar-refractivity contribution in [2.24, 2.45) is 5.41 Å². The van der Waals surface area contributed by atoms with Crippen LogP contribution in [0.5, 0.6) is 0 Å². The van der Waals surface area contributed by atoms with Gasteiger partial charge in [0.25, 0.3) is 10.0 Å². The standard InChI is InChI=1S/C14H20N2O4S/c1-10(17)15-11-5-7-12(8-6-11)21(19,20)16-13(18)9-14(2,3)4/h5-8H,9H2,1-4H3,(H,15,17)(H,16,18). The highest BCUT2D eigenvalue weighted by atomic mass is 32.2.